The zero-order valence-corrected chi connectivity index (χ0v) is 11.4. The molecule has 1 aromatic rings. The van der Waals surface area contributed by atoms with E-state index in [1.165, 1.54) is 6.07 Å². The van der Waals surface area contributed by atoms with Gasteiger partial charge in [0.15, 0.2) is 0 Å². The lowest BCUT2D eigenvalue weighted by atomic mass is 10.2. The van der Waals surface area contributed by atoms with Crippen LogP contribution < -0.4 is 5.32 Å². The van der Waals surface area contributed by atoms with Gasteiger partial charge in [-0.1, -0.05) is 0 Å². The molecule has 0 unspecified atom stereocenters. The molecular formula is C10H12FIN2O3. The Kier molecular flexibility index (Phi) is 5.56. The lowest BCUT2D eigenvalue weighted by molar-refractivity contribution is -0.384. The lowest BCUT2D eigenvalue weighted by Gasteiger charge is -2.07. The van der Waals surface area contributed by atoms with Gasteiger partial charge in [0.1, 0.15) is 11.5 Å². The van der Waals surface area contributed by atoms with E-state index in [1.807, 2.05) is 0 Å². The van der Waals surface area contributed by atoms with Crippen LogP contribution in [-0.2, 0) is 4.74 Å². The second kappa shape index (κ2) is 6.70. The highest BCUT2D eigenvalue weighted by atomic mass is 127. The normalized spacial score (nSPS) is 10.3. The topological polar surface area (TPSA) is 64.4 Å². The first-order valence-electron chi connectivity index (χ1n) is 4.92. The van der Waals surface area contributed by atoms with Crippen molar-refractivity contribution >= 4 is 34.0 Å². The third-order valence-electron chi connectivity index (χ3n) is 2.08. The molecule has 0 atom stereocenters. The van der Waals surface area contributed by atoms with Crippen molar-refractivity contribution in [2.45, 2.75) is 6.42 Å². The van der Waals surface area contributed by atoms with Crippen LogP contribution in [0.3, 0.4) is 0 Å². The summed E-state index contributed by atoms with van der Waals surface area (Å²) >= 11 is 1.72. The van der Waals surface area contributed by atoms with Crippen molar-refractivity contribution in [2.24, 2.45) is 0 Å². The van der Waals surface area contributed by atoms with Crippen LogP contribution in [-0.4, -0.2) is 25.2 Å². The first kappa shape index (κ1) is 14.1. The van der Waals surface area contributed by atoms with Gasteiger partial charge in [0.2, 0.25) is 0 Å². The van der Waals surface area contributed by atoms with E-state index >= 15 is 0 Å². The Bertz CT molecular complexity index is 415. The van der Waals surface area contributed by atoms with E-state index in [4.69, 9.17) is 4.74 Å². The summed E-state index contributed by atoms with van der Waals surface area (Å²) in [7, 11) is 1.58. The van der Waals surface area contributed by atoms with Gasteiger partial charge < -0.3 is 10.1 Å². The third-order valence-corrected chi connectivity index (χ3v) is 2.90. The number of rotatable bonds is 6. The van der Waals surface area contributed by atoms with Crippen molar-refractivity contribution in [3.8, 4) is 0 Å². The molecule has 0 aliphatic heterocycles. The molecule has 0 heterocycles. The predicted octanol–water partition coefficient (Wildman–Crippen LogP) is 2.79. The molecule has 0 aliphatic carbocycles. The maximum absolute atomic E-state index is 13.3. The number of halogens is 2. The summed E-state index contributed by atoms with van der Waals surface area (Å²) in [6, 6.07) is 2.36. The van der Waals surface area contributed by atoms with E-state index < -0.39 is 10.7 Å². The SMILES string of the molecule is COCCCNc1cc(F)c(I)cc1[N+](=O)[O-]. The molecule has 0 radical (unpaired) electrons. The molecule has 94 valence electrons. The Morgan fingerprint density at radius 3 is 2.88 bits per heavy atom. The van der Waals surface area contributed by atoms with Crippen molar-refractivity contribution in [3.63, 3.8) is 0 Å². The smallest absolute Gasteiger partial charge is 0.293 e. The number of ether oxygens (including phenoxy) is 1. The highest BCUT2D eigenvalue weighted by Crippen LogP contribution is 2.28. The van der Waals surface area contributed by atoms with Gasteiger partial charge >= 0.3 is 0 Å². The highest BCUT2D eigenvalue weighted by Gasteiger charge is 2.16. The number of nitro groups is 1. The Morgan fingerprint density at radius 1 is 1.59 bits per heavy atom. The molecule has 5 nitrogen and oxygen atoms in total. The largest absolute Gasteiger partial charge is 0.385 e. The summed E-state index contributed by atoms with van der Waals surface area (Å²) in [5.74, 6) is -0.467. The molecule has 0 fully saturated rings. The van der Waals surface area contributed by atoms with Crippen LogP contribution >= 0.6 is 22.6 Å². The molecule has 0 bridgehead atoms. The molecule has 0 aliphatic rings. The minimum Gasteiger partial charge on any atom is -0.385 e. The van der Waals surface area contributed by atoms with Gasteiger partial charge in [0.25, 0.3) is 5.69 Å². The van der Waals surface area contributed by atoms with E-state index in [2.05, 4.69) is 5.32 Å². The summed E-state index contributed by atoms with van der Waals surface area (Å²) in [4.78, 5) is 10.3. The summed E-state index contributed by atoms with van der Waals surface area (Å²) in [6.07, 6.45) is 0.696. The minimum atomic E-state index is -0.528. The third kappa shape index (κ3) is 4.08. The summed E-state index contributed by atoms with van der Waals surface area (Å²) in [5, 5.41) is 13.6. The van der Waals surface area contributed by atoms with E-state index in [1.54, 1.807) is 29.7 Å². The Hall–Kier alpha value is -0.960. The molecule has 17 heavy (non-hydrogen) atoms. The van der Waals surface area contributed by atoms with Crippen molar-refractivity contribution in [2.75, 3.05) is 25.6 Å². The average molecular weight is 354 g/mol. The highest BCUT2D eigenvalue weighted by molar-refractivity contribution is 14.1. The fourth-order valence-electron chi connectivity index (χ4n) is 1.27. The van der Waals surface area contributed by atoms with Crippen molar-refractivity contribution < 1.29 is 14.1 Å². The minimum absolute atomic E-state index is 0.117. The predicted molar refractivity (Wildman–Crippen MR) is 70.8 cm³/mol. The van der Waals surface area contributed by atoms with Gasteiger partial charge in [-0.15, -0.1) is 0 Å². The molecule has 1 aromatic carbocycles. The molecule has 1 rings (SSSR count). The van der Waals surface area contributed by atoms with Crippen LogP contribution in [0.1, 0.15) is 6.42 Å². The van der Waals surface area contributed by atoms with Gasteiger partial charge in [-0.05, 0) is 29.0 Å². The molecule has 1 N–H and O–H groups in total. The maximum atomic E-state index is 13.3. The van der Waals surface area contributed by atoms with Crippen molar-refractivity contribution in [1.82, 2.24) is 0 Å². The van der Waals surface area contributed by atoms with Crippen molar-refractivity contribution in [3.05, 3.63) is 31.6 Å². The van der Waals surface area contributed by atoms with E-state index in [0.717, 1.165) is 6.07 Å². The van der Waals surface area contributed by atoms with Gasteiger partial charge in [-0.25, -0.2) is 4.39 Å². The van der Waals surface area contributed by atoms with Crippen LogP contribution in [0.5, 0.6) is 0 Å². The fraction of sp³-hybridized carbons (Fsp3) is 0.400. The number of hydrogen-bond acceptors (Lipinski definition) is 4. The summed E-state index contributed by atoms with van der Waals surface area (Å²) in [5.41, 5.74) is 0.0808. The monoisotopic (exact) mass is 354 g/mol. The number of nitrogens with one attached hydrogen (secondary N) is 1. The van der Waals surface area contributed by atoms with E-state index in [0.29, 0.717) is 19.6 Å². The van der Waals surface area contributed by atoms with Crippen molar-refractivity contribution in [1.29, 1.82) is 0 Å². The van der Waals surface area contributed by atoms with Crippen LogP contribution in [0.15, 0.2) is 12.1 Å². The molecule has 0 saturated carbocycles. The van der Waals surface area contributed by atoms with Crippen LogP contribution in [0, 0.1) is 19.5 Å². The van der Waals surface area contributed by atoms with Gasteiger partial charge in [0, 0.05) is 32.4 Å². The summed E-state index contributed by atoms with van der Waals surface area (Å²) < 4.78 is 18.4. The van der Waals surface area contributed by atoms with Crippen LogP contribution in [0.4, 0.5) is 15.8 Å². The Balaban J connectivity index is 2.81. The first-order valence-corrected chi connectivity index (χ1v) is 6.00. The Labute approximate surface area is 112 Å². The van der Waals surface area contributed by atoms with Crippen LogP contribution in [0.25, 0.3) is 0 Å². The quantitative estimate of drug-likeness (QED) is 0.369. The molecular weight excluding hydrogens is 342 g/mol. The van der Waals surface area contributed by atoms with E-state index in [-0.39, 0.29) is 14.9 Å². The average Bonchev–Trinajstić information content (AvgIpc) is 2.28. The maximum Gasteiger partial charge on any atom is 0.293 e. The number of benzene rings is 1. The second-order valence-electron chi connectivity index (χ2n) is 3.31. The van der Waals surface area contributed by atoms with Gasteiger partial charge in [-0.3, -0.25) is 10.1 Å². The molecule has 0 spiro atoms. The number of nitrogens with zero attached hydrogens (tertiary/aromatic N) is 1. The standard InChI is InChI=1S/C10H12FIN2O3/c1-17-4-2-3-13-9-5-7(11)8(12)6-10(9)14(15)16/h5-6,13H,2-4H2,1H3. The molecule has 0 amide bonds. The molecule has 7 heteroatoms. The first-order chi connectivity index (χ1) is 8.06. The number of hydrogen-bond donors (Lipinski definition) is 1. The molecule has 0 aromatic heterocycles. The van der Waals surface area contributed by atoms with E-state index in [9.17, 15) is 14.5 Å². The summed E-state index contributed by atoms with van der Waals surface area (Å²) in [6.45, 7) is 1.04. The van der Waals surface area contributed by atoms with Gasteiger partial charge in [0.05, 0.1) is 8.49 Å². The fourth-order valence-corrected chi connectivity index (χ4v) is 1.72. The van der Waals surface area contributed by atoms with Crippen LogP contribution in [0.2, 0.25) is 0 Å². The van der Waals surface area contributed by atoms with Gasteiger partial charge in [-0.2, -0.15) is 0 Å². The Morgan fingerprint density at radius 2 is 2.29 bits per heavy atom. The number of anilines is 1. The molecule has 0 saturated heterocycles. The number of methoxy groups -OCH3 is 1. The zero-order chi connectivity index (χ0) is 12.8. The zero-order valence-electron chi connectivity index (χ0n) is 9.20. The number of nitro benzene ring substituents is 1. The second-order valence-corrected chi connectivity index (χ2v) is 4.48. The lowest BCUT2D eigenvalue weighted by Crippen LogP contribution is -2.07.